The van der Waals surface area contributed by atoms with Gasteiger partial charge in [-0.15, -0.1) is 0 Å². The van der Waals surface area contributed by atoms with Crippen molar-refractivity contribution in [3.63, 3.8) is 0 Å². The lowest BCUT2D eigenvalue weighted by atomic mass is 9.65. The van der Waals surface area contributed by atoms with E-state index in [1.807, 2.05) is 0 Å². The molecule has 0 aliphatic heterocycles. The highest BCUT2D eigenvalue weighted by Crippen LogP contribution is 2.51. The molecule has 0 N–H and O–H groups in total. The molecule has 0 fully saturated rings. The lowest BCUT2D eigenvalue weighted by Crippen LogP contribution is -2.23. The van der Waals surface area contributed by atoms with Crippen LogP contribution in [0.25, 0.3) is 0 Å². The molecule has 1 nitrogen and oxygen atoms in total. The Labute approximate surface area is 106 Å². The van der Waals surface area contributed by atoms with E-state index in [-0.39, 0.29) is 11.8 Å². The fourth-order valence-electron chi connectivity index (χ4n) is 3.34. The van der Waals surface area contributed by atoms with Crippen LogP contribution in [0.4, 0.5) is 0 Å². The van der Waals surface area contributed by atoms with Gasteiger partial charge >= 0.3 is 0 Å². The van der Waals surface area contributed by atoms with Gasteiger partial charge in [0.1, 0.15) is 0 Å². The van der Waals surface area contributed by atoms with Crippen LogP contribution in [-0.2, 0) is 0 Å². The fraction of sp³-hybridized carbons (Fsp3) is 0.118. The third kappa shape index (κ3) is 1.05. The van der Waals surface area contributed by atoms with E-state index in [9.17, 15) is 5.26 Å². The van der Waals surface area contributed by atoms with Crippen LogP contribution in [0.5, 0.6) is 0 Å². The summed E-state index contributed by atoms with van der Waals surface area (Å²) in [7, 11) is 0. The number of hydrogen-bond acceptors (Lipinski definition) is 1. The maximum atomic E-state index is 9.35. The molecule has 0 radical (unpaired) electrons. The van der Waals surface area contributed by atoms with Crippen LogP contribution in [0, 0.1) is 11.3 Å². The highest BCUT2D eigenvalue weighted by molar-refractivity contribution is 5.64. The van der Waals surface area contributed by atoms with Crippen molar-refractivity contribution in [2.45, 2.75) is 11.8 Å². The van der Waals surface area contributed by atoms with Gasteiger partial charge in [0.05, 0.1) is 6.07 Å². The van der Waals surface area contributed by atoms with Crippen LogP contribution in [0.2, 0.25) is 0 Å². The minimum atomic E-state index is 0.146. The molecule has 0 amide bonds. The van der Waals surface area contributed by atoms with Crippen molar-refractivity contribution >= 4 is 0 Å². The summed E-state index contributed by atoms with van der Waals surface area (Å²) in [4.78, 5) is 0. The minimum absolute atomic E-state index is 0.146. The van der Waals surface area contributed by atoms with E-state index in [0.29, 0.717) is 0 Å². The quantitative estimate of drug-likeness (QED) is 0.675. The molecule has 84 valence electrons. The summed E-state index contributed by atoms with van der Waals surface area (Å²) in [5.41, 5.74) is 6.23. The number of nitriles is 1. The molecule has 18 heavy (non-hydrogen) atoms. The molecule has 3 aliphatic rings. The predicted octanol–water partition coefficient (Wildman–Crippen LogP) is 3.73. The van der Waals surface area contributed by atoms with Gasteiger partial charge < -0.3 is 0 Å². The smallest absolute Gasteiger partial charge is 0.0954 e. The molecule has 5 rings (SSSR count). The van der Waals surface area contributed by atoms with E-state index in [2.05, 4.69) is 60.7 Å². The standard InChI is InChI=1S/C17H11N/c18-10-11-9-16-12-5-1-3-7-14(12)17(11)15-8-4-2-6-13(15)16/h1-9,16-17H. The van der Waals surface area contributed by atoms with Gasteiger partial charge in [0, 0.05) is 17.4 Å². The number of rotatable bonds is 0. The van der Waals surface area contributed by atoms with Gasteiger partial charge in [-0.25, -0.2) is 0 Å². The van der Waals surface area contributed by atoms with E-state index < -0.39 is 0 Å². The zero-order valence-corrected chi connectivity index (χ0v) is 9.80. The van der Waals surface area contributed by atoms with Crippen LogP contribution in [-0.4, -0.2) is 0 Å². The summed E-state index contributed by atoms with van der Waals surface area (Å²) in [6, 6.07) is 19.4. The number of allylic oxidation sites excluding steroid dienone is 2. The third-order valence-corrected chi connectivity index (χ3v) is 4.07. The monoisotopic (exact) mass is 229 g/mol. The maximum absolute atomic E-state index is 9.35. The van der Waals surface area contributed by atoms with E-state index in [4.69, 9.17) is 0 Å². The number of nitrogens with zero attached hydrogens (tertiary/aromatic N) is 1. The molecule has 2 aromatic carbocycles. The Morgan fingerprint density at radius 1 is 0.778 bits per heavy atom. The van der Waals surface area contributed by atoms with Gasteiger partial charge in [-0.3, -0.25) is 0 Å². The summed E-state index contributed by atoms with van der Waals surface area (Å²) in [5.74, 6) is 0.407. The Morgan fingerprint density at radius 2 is 1.28 bits per heavy atom. The Kier molecular flexibility index (Phi) is 1.79. The normalized spacial score (nSPS) is 22.7. The first-order chi connectivity index (χ1) is 8.90. The van der Waals surface area contributed by atoms with E-state index in [1.54, 1.807) is 0 Å². The molecule has 3 aliphatic carbocycles. The minimum Gasteiger partial charge on any atom is -0.193 e. The molecule has 2 bridgehead atoms. The van der Waals surface area contributed by atoms with Gasteiger partial charge in [0.2, 0.25) is 0 Å². The summed E-state index contributed by atoms with van der Waals surface area (Å²) in [5, 5.41) is 9.35. The largest absolute Gasteiger partial charge is 0.193 e. The Morgan fingerprint density at radius 3 is 1.78 bits per heavy atom. The van der Waals surface area contributed by atoms with E-state index in [1.165, 1.54) is 22.3 Å². The highest BCUT2D eigenvalue weighted by atomic mass is 14.4. The van der Waals surface area contributed by atoms with Crippen molar-refractivity contribution in [1.82, 2.24) is 0 Å². The first kappa shape index (κ1) is 9.67. The summed E-state index contributed by atoms with van der Waals surface area (Å²) < 4.78 is 0. The molecule has 0 atom stereocenters. The average Bonchev–Trinajstić information content (AvgIpc) is 2.47. The molecule has 0 saturated heterocycles. The van der Waals surface area contributed by atoms with Crippen molar-refractivity contribution in [2.24, 2.45) is 0 Å². The zero-order valence-electron chi connectivity index (χ0n) is 9.80. The van der Waals surface area contributed by atoms with Crippen molar-refractivity contribution < 1.29 is 0 Å². The molecule has 0 saturated carbocycles. The molecule has 1 heteroatoms. The molecule has 0 heterocycles. The van der Waals surface area contributed by atoms with Crippen LogP contribution in [0.3, 0.4) is 0 Å². The van der Waals surface area contributed by atoms with Crippen molar-refractivity contribution in [3.8, 4) is 6.07 Å². The molecule has 0 aromatic heterocycles. The topological polar surface area (TPSA) is 23.8 Å². The maximum Gasteiger partial charge on any atom is 0.0954 e. The van der Waals surface area contributed by atoms with Crippen molar-refractivity contribution in [1.29, 1.82) is 5.26 Å². The second kappa shape index (κ2) is 3.34. The SMILES string of the molecule is N#CC1=CC2c3ccccc3C1c1ccccc12. The summed E-state index contributed by atoms with van der Waals surface area (Å²) in [6.07, 6.45) is 2.13. The Hall–Kier alpha value is -2.33. The fourth-order valence-corrected chi connectivity index (χ4v) is 3.34. The van der Waals surface area contributed by atoms with Crippen molar-refractivity contribution in [3.05, 3.63) is 82.4 Å². The van der Waals surface area contributed by atoms with Gasteiger partial charge in [-0.05, 0) is 22.3 Å². The third-order valence-electron chi connectivity index (χ3n) is 4.07. The Bertz CT molecular complexity index is 671. The molecular weight excluding hydrogens is 218 g/mol. The molecular formula is C17H11N. The first-order valence-corrected chi connectivity index (χ1v) is 6.19. The van der Waals surface area contributed by atoms with E-state index in [0.717, 1.165) is 5.57 Å². The van der Waals surface area contributed by atoms with Gasteiger partial charge in [0.25, 0.3) is 0 Å². The summed E-state index contributed by atoms with van der Waals surface area (Å²) >= 11 is 0. The number of hydrogen-bond donors (Lipinski definition) is 0. The van der Waals surface area contributed by atoms with Crippen LogP contribution < -0.4 is 0 Å². The molecule has 0 spiro atoms. The average molecular weight is 229 g/mol. The van der Waals surface area contributed by atoms with Crippen LogP contribution in [0.15, 0.2) is 60.2 Å². The van der Waals surface area contributed by atoms with E-state index >= 15 is 0 Å². The van der Waals surface area contributed by atoms with Crippen LogP contribution >= 0.6 is 0 Å². The molecule has 2 aromatic rings. The van der Waals surface area contributed by atoms with Gasteiger partial charge in [-0.2, -0.15) is 5.26 Å². The Balaban J connectivity index is 2.08. The first-order valence-electron chi connectivity index (χ1n) is 6.19. The molecule has 0 unspecified atom stereocenters. The van der Waals surface area contributed by atoms with Gasteiger partial charge in [0.15, 0.2) is 0 Å². The summed E-state index contributed by atoms with van der Waals surface area (Å²) in [6.45, 7) is 0. The zero-order chi connectivity index (χ0) is 12.1. The highest BCUT2D eigenvalue weighted by Gasteiger charge is 2.37. The predicted molar refractivity (Wildman–Crippen MR) is 70.3 cm³/mol. The lowest BCUT2D eigenvalue weighted by Gasteiger charge is -2.37. The van der Waals surface area contributed by atoms with Crippen molar-refractivity contribution in [2.75, 3.05) is 0 Å². The lowest BCUT2D eigenvalue weighted by molar-refractivity contribution is 0.787. The second-order valence-electron chi connectivity index (χ2n) is 4.90. The van der Waals surface area contributed by atoms with Gasteiger partial charge in [-0.1, -0.05) is 54.6 Å². The second-order valence-corrected chi connectivity index (χ2v) is 4.90. The van der Waals surface area contributed by atoms with Crippen LogP contribution in [0.1, 0.15) is 34.1 Å². The number of benzene rings is 2.